The van der Waals surface area contributed by atoms with Crippen LogP contribution < -0.4 is 16.0 Å². The number of amides is 2. The van der Waals surface area contributed by atoms with E-state index in [4.69, 9.17) is 11.6 Å². The SMILES string of the molecule is CC(NC(=O)C1=CC(CCCCCNc2nccs2)=NC=CCC1)c1ncc(C(=O)Nc2cc(C(F)(F)F)c(Cl)cn2)s1. The summed E-state index contributed by atoms with van der Waals surface area (Å²) in [6.45, 7) is 2.59. The van der Waals surface area contributed by atoms with Gasteiger partial charge in [0, 0.05) is 41.8 Å². The maximum Gasteiger partial charge on any atom is 0.418 e. The Bertz CT molecular complexity index is 1500. The quantitative estimate of drug-likeness (QED) is 0.175. The molecule has 3 aromatic rings. The number of anilines is 2. The Labute approximate surface area is 259 Å². The van der Waals surface area contributed by atoms with E-state index >= 15 is 0 Å². The average molecular weight is 652 g/mol. The van der Waals surface area contributed by atoms with Crippen LogP contribution in [0.15, 0.2) is 59.0 Å². The fourth-order valence-electron chi connectivity index (χ4n) is 4.05. The highest BCUT2D eigenvalue weighted by Gasteiger charge is 2.34. The zero-order valence-corrected chi connectivity index (χ0v) is 25.5. The summed E-state index contributed by atoms with van der Waals surface area (Å²) in [6, 6.07) is 0.152. The van der Waals surface area contributed by atoms with Crippen molar-refractivity contribution in [2.75, 3.05) is 17.2 Å². The molecule has 43 heavy (non-hydrogen) atoms. The summed E-state index contributed by atoms with van der Waals surface area (Å²) in [6.07, 6.45) is 9.64. The number of hydrogen-bond donors (Lipinski definition) is 3. The van der Waals surface area contributed by atoms with Gasteiger partial charge in [0.25, 0.3) is 5.91 Å². The first-order chi connectivity index (χ1) is 20.6. The number of halogens is 4. The molecule has 3 aromatic heterocycles. The lowest BCUT2D eigenvalue weighted by Crippen LogP contribution is -2.28. The van der Waals surface area contributed by atoms with Crippen molar-refractivity contribution in [1.29, 1.82) is 0 Å². The molecule has 1 aliphatic heterocycles. The van der Waals surface area contributed by atoms with Gasteiger partial charge in [-0.1, -0.05) is 24.1 Å². The van der Waals surface area contributed by atoms with Gasteiger partial charge in [0.1, 0.15) is 15.7 Å². The molecule has 0 saturated carbocycles. The smallest absolute Gasteiger partial charge is 0.362 e. The highest BCUT2D eigenvalue weighted by molar-refractivity contribution is 7.14. The van der Waals surface area contributed by atoms with E-state index in [0.29, 0.717) is 29.5 Å². The fourth-order valence-corrected chi connectivity index (χ4v) is 5.63. The molecule has 0 radical (unpaired) electrons. The van der Waals surface area contributed by atoms with Crippen LogP contribution in [0.3, 0.4) is 0 Å². The first-order valence-corrected chi connectivity index (χ1v) is 15.5. The second kappa shape index (κ2) is 15.2. The van der Waals surface area contributed by atoms with Crippen LogP contribution in [0.1, 0.15) is 71.7 Å². The third-order valence-corrected chi connectivity index (χ3v) is 8.46. The minimum absolute atomic E-state index is 0.146. The van der Waals surface area contributed by atoms with E-state index in [2.05, 4.69) is 35.9 Å². The first kappa shape index (κ1) is 32.3. The van der Waals surface area contributed by atoms with Gasteiger partial charge in [0.15, 0.2) is 5.13 Å². The van der Waals surface area contributed by atoms with Crippen molar-refractivity contribution in [2.24, 2.45) is 4.99 Å². The number of unbranched alkanes of at least 4 members (excludes halogenated alkanes) is 2. The Balaban J connectivity index is 1.30. The van der Waals surface area contributed by atoms with E-state index in [9.17, 15) is 22.8 Å². The lowest BCUT2D eigenvalue weighted by molar-refractivity contribution is -0.137. The van der Waals surface area contributed by atoms with E-state index in [1.165, 1.54) is 6.20 Å². The third kappa shape index (κ3) is 9.70. The zero-order valence-electron chi connectivity index (χ0n) is 23.1. The molecular weight excluding hydrogens is 623 g/mol. The minimum Gasteiger partial charge on any atom is -0.362 e. The molecule has 15 heteroatoms. The Kier molecular flexibility index (Phi) is 11.4. The lowest BCUT2D eigenvalue weighted by Gasteiger charge is -2.14. The molecule has 1 atom stereocenters. The number of nitrogens with zero attached hydrogens (tertiary/aromatic N) is 4. The van der Waals surface area contributed by atoms with Crippen molar-refractivity contribution in [3.05, 3.63) is 74.4 Å². The second-order valence-electron chi connectivity index (χ2n) is 9.55. The Morgan fingerprint density at radius 2 is 1.95 bits per heavy atom. The molecule has 1 unspecified atom stereocenters. The monoisotopic (exact) mass is 651 g/mol. The van der Waals surface area contributed by atoms with Gasteiger partial charge in [0.05, 0.1) is 22.8 Å². The van der Waals surface area contributed by atoms with E-state index in [-0.39, 0.29) is 16.6 Å². The van der Waals surface area contributed by atoms with Crippen molar-refractivity contribution in [1.82, 2.24) is 20.3 Å². The number of hydrogen-bond acceptors (Lipinski definition) is 9. The number of rotatable bonds is 12. The maximum absolute atomic E-state index is 13.2. The van der Waals surface area contributed by atoms with Crippen LogP contribution in [0.25, 0.3) is 0 Å². The van der Waals surface area contributed by atoms with Crippen molar-refractivity contribution in [3.8, 4) is 0 Å². The van der Waals surface area contributed by atoms with Gasteiger partial charge < -0.3 is 16.0 Å². The molecule has 3 N–H and O–H groups in total. The number of thiazole rings is 2. The van der Waals surface area contributed by atoms with Gasteiger partial charge in [-0.25, -0.2) is 15.0 Å². The molecule has 2 amide bonds. The number of aliphatic imine (C=N–C) groups is 1. The number of aromatic nitrogens is 3. The predicted octanol–water partition coefficient (Wildman–Crippen LogP) is 7.44. The first-order valence-electron chi connectivity index (χ1n) is 13.5. The molecule has 0 aliphatic carbocycles. The summed E-state index contributed by atoms with van der Waals surface area (Å²) in [4.78, 5) is 42.7. The summed E-state index contributed by atoms with van der Waals surface area (Å²) in [7, 11) is 0. The van der Waals surface area contributed by atoms with Crippen LogP contribution in [-0.2, 0) is 11.0 Å². The van der Waals surface area contributed by atoms with Crippen molar-refractivity contribution >= 4 is 62.7 Å². The molecule has 4 heterocycles. The van der Waals surface area contributed by atoms with Crippen molar-refractivity contribution in [2.45, 2.75) is 57.7 Å². The molecule has 0 spiro atoms. The van der Waals surface area contributed by atoms with Crippen LogP contribution in [-0.4, -0.2) is 39.0 Å². The van der Waals surface area contributed by atoms with Gasteiger partial charge in [-0.3, -0.25) is 14.6 Å². The minimum atomic E-state index is -4.69. The van der Waals surface area contributed by atoms with Gasteiger partial charge in [0.2, 0.25) is 5.91 Å². The average Bonchev–Trinajstić information content (AvgIpc) is 3.65. The molecule has 0 saturated heterocycles. The van der Waals surface area contributed by atoms with Crippen LogP contribution in [0.4, 0.5) is 24.1 Å². The number of carbonyl (C=O) groups is 2. The molecule has 0 fully saturated rings. The third-order valence-electron chi connectivity index (χ3n) is 6.24. The van der Waals surface area contributed by atoms with Gasteiger partial charge in [-0.15, -0.1) is 22.7 Å². The van der Waals surface area contributed by atoms with E-state index in [1.807, 2.05) is 17.5 Å². The normalized spacial score (nSPS) is 14.3. The van der Waals surface area contributed by atoms with Crippen LogP contribution in [0, 0.1) is 0 Å². The molecule has 9 nitrogen and oxygen atoms in total. The molecule has 0 aromatic carbocycles. The molecule has 0 bridgehead atoms. The second-order valence-corrected chi connectivity index (χ2v) is 11.9. The summed E-state index contributed by atoms with van der Waals surface area (Å²) in [5.41, 5.74) is 0.330. The van der Waals surface area contributed by atoms with Gasteiger partial charge >= 0.3 is 6.18 Å². The van der Waals surface area contributed by atoms with Crippen molar-refractivity contribution in [3.63, 3.8) is 0 Å². The number of nitrogens with one attached hydrogen (secondary N) is 3. The largest absolute Gasteiger partial charge is 0.418 e. The number of allylic oxidation sites excluding steroid dienone is 2. The van der Waals surface area contributed by atoms with E-state index in [0.717, 1.165) is 60.6 Å². The van der Waals surface area contributed by atoms with E-state index in [1.54, 1.807) is 30.7 Å². The highest BCUT2D eigenvalue weighted by atomic mass is 35.5. The fraction of sp³-hybridized carbons (Fsp3) is 0.357. The molecule has 4 rings (SSSR count). The Morgan fingerprint density at radius 1 is 1.12 bits per heavy atom. The molecular formula is C28H29ClF3N7O2S2. The number of carbonyl (C=O) groups excluding carboxylic acids is 2. The zero-order chi connectivity index (χ0) is 30.8. The number of pyridine rings is 1. The Morgan fingerprint density at radius 3 is 2.72 bits per heavy atom. The van der Waals surface area contributed by atoms with Crippen molar-refractivity contribution < 1.29 is 22.8 Å². The predicted molar refractivity (Wildman–Crippen MR) is 164 cm³/mol. The summed E-state index contributed by atoms with van der Waals surface area (Å²) in [5, 5.41) is 11.3. The summed E-state index contributed by atoms with van der Waals surface area (Å²) >= 11 is 8.18. The highest BCUT2D eigenvalue weighted by Crippen LogP contribution is 2.35. The van der Waals surface area contributed by atoms with Gasteiger partial charge in [-0.05, 0) is 51.2 Å². The van der Waals surface area contributed by atoms with Gasteiger partial charge in [-0.2, -0.15) is 13.2 Å². The molecule has 1 aliphatic rings. The van der Waals surface area contributed by atoms with Crippen LogP contribution in [0.2, 0.25) is 5.02 Å². The molecule has 228 valence electrons. The summed E-state index contributed by atoms with van der Waals surface area (Å²) in [5.74, 6) is -1.23. The standard InChI is InChI=1S/C28H29ClF3N7O2S2/c1-17(26-37-16-22(43-26)25(41)39-23-14-20(28(30,31)32)21(29)15-36-23)38-24(40)18-7-4-6-9-33-19(13-18)8-3-2-5-10-34-27-35-11-12-42-27/h6,9,11-17H,2-5,7-8,10H2,1H3,(H,34,35)(H,38,40)(H,36,39,41). The van der Waals surface area contributed by atoms with Crippen LogP contribution >= 0.6 is 34.3 Å². The lowest BCUT2D eigenvalue weighted by atomic mass is 10.0. The topological polar surface area (TPSA) is 121 Å². The summed E-state index contributed by atoms with van der Waals surface area (Å²) < 4.78 is 39.4. The van der Waals surface area contributed by atoms with Crippen LogP contribution in [0.5, 0.6) is 0 Å². The van der Waals surface area contributed by atoms with E-state index < -0.39 is 28.7 Å². The Hall–Kier alpha value is -3.62. The maximum atomic E-state index is 13.2. The number of alkyl halides is 3.